The topological polar surface area (TPSA) is 45.2 Å². The van der Waals surface area contributed by atoms with E-state index >= 15 is 0 Å². The van der Waals surface area contributed by atoms with E-state index in [-0.39, 0.29) is 23.0 Å². The molecule has 0 unspecified atom stereocenters. The Labute approximate surface area is 178 Å². The summed E-state index contributed by atoms with van der Waals surface area (Å²) in [5.41, 5.74) is 0.481. The number of anilines is 2. The number of rotatable bonds is 4. The van der Waals surface area contributed by atoms with Gasteiger partial charge in [-0.15, -0.1) is 11.8 Å². The van der Waals surface area contributed by atoms with Crippen LogP contribution in [0.3, 0.4) is 0 Å². The first-order valence-electron chi connectivity index (χ1n) is 9.59. The van der Waals surface area contributed by atoms with E-state index in [1.54, 1.807) is 17.8 Å². The van der Waals surface area contributed by atoms with Crippen LogP contribution in [0.25, 0.3) is 0 Å². The molecule has 0 saturated heterocycles. The van der Waals surface area contributed by atoms with Crippen molar-refractivity contribution in [3.05, 3.63) is 59.8 Å². The van der Waals surface area contributed by atoms with Crippen LogP contribution in [0.5, 0.6) is 0 Å². The molecule has 0 radical (unpaired) electrons. The molecule has 4 nitrogen and oxygen atoms in total. The number of hydrogen-bond acceptors (Lipinski definition) is 4. The Morgan fingerprint density at radius 3 is 2.40 bits per heavy atom. The molecule has 0 spiro atoms. The molecule has 1 aliphatic rings. The van der Waals surface area contributed by atoms with Crippen LogP contribution in [0, 0.1) is 0 Å². The predicted molar refractivity (Wildman–Crippen MR) is 115 cm³/mol. The Balaban J connectivity index is 1.64. The van der Waals surface area contributed by atoms with Crippen molar-refractivity contribution >= 4 is 29.2 Å². The van der Waals surface area contributed by atoms with Gasteiger partial charge >= 0.3 is 6.18 Å². The molecule has 2 aromatic rings. The average molecular weight is 436 g/mol. The van der Waals surface area contributed by atoms with E-state index in [0.29, 0.717) is 24.2 Å². The number of nitrogens with one attached hydrogen (secondary N) is 1. The van der Waals surface area contributed by atoms with Crippen molar-refractivity contribution in [2.24, 2.45) is 0 Å². The molecule has 2 heterocycles. The van der Waals surface area contributed by atoms with E-state index in [9.17, 15) is 18.0 Å². The smallest absolute Gasteiger partial charge is 0.352 e. The van der Waals surface area contributed by atoms with Gasteiger partial charge in [-0.1, -0.05) is 26.8 Å². The van der Waals surface area contributed by atoms with Crippen LogP contribution in [0.15, 0.2) is 59.1 Å². The van der Waals surface area contributed by atoms with Gasteiger partial charge in [0.2, 0.25) is 0 Å². The molecule has 1 aromatic heterocycles. The lowest BCUT2D eigenvalue weighted by Gasteiger charge is -2.29. The van der Waals surface area contributed by atoms with Crippen molar-refractivity contribution in [3.8, 4) is 0 Å². The van der Waals surface area contributed by atoms with E-state index < -0.39 is 11.7 Å². The molecule has 1 amide bonds. The predicted octanol–water partition coefficient (Wildman–Crippen LogP) is 5.77. The first-order valence-corrected chi connectivity index (χ1v) is 10.4. The first kappa shape index (κ1) is 22.2. The van der Waals surface area contributed by atoms with Gasteiger partial charge in [-0.25, -0.2) is 4.98 Å². The molecule has 0 saturated carbocycles. The van der Waals surface area contributed by atoms with Crippen LogP contribution in [-0.2, 0) is 11.0 Å². The third-order valence-electron chi connectivity index (χ3n) is 4.43. The van der Waals surface area contributed by atoms with Gasteiger partial charge in [0, 0.05) is 40.2 Å². The van der Waals surface area contributed by atoms with Crippen LogP contribution < -0.4 is 10.2 Å². The molecule has 1 N–H and O–H groups in total. The van der Waals surface area contributed by atoms with Crippen molar-refractivity contribution < 1.29 is 18.0 Å². The number of amides is 1. The van der Waals surface area contributed by atoms with Gasteiger partial charge in [0.05, 0.1) is 5.56 Å². The zero-order chi connectivity index (χ0) is 21.9. The van der Waals surface area contributed by atoms with E-state index in [0.717, 1.165) is 11.0 Å². The number of carbonyl (C=O) groups is 1. The van der Waals surface area contributed by atoms with Gasteiger partial charge in [-0.05, 0) is 42.8 Å². The Morgan fingerprint density at radius 1 is 1.13 bits per heavy atom. The highest BCUT2D eigenvalue weighted by Gasteiger charge is 2.36. The second kappa shape index (κ2) is 8.71. The van der Waals surface area contributed by atoms with Crippen molar-refractivity contribution in [1.29, 1.82) is 0 Å². The third kappa shape index (κ3) is 5.78. The summed E-state index contributed by atoms with van der Waals surface area (Å²) >= 11 is 1.74. The SMILES string of the molecule is CC(C)(C)Sc1ccc(NC(=O)C2=CCN(c3ncccc3C(F)(F)F)CC2)cc1. The van der Waals surface area contributed by atoms with Crippen LogP contribution >= 0.6 is 11.8 Å². The largest absolute Gasteiger partial charge is 0.419 e. The average Bonchev–Trinajstić information content (AvgIpc) is 2.68. The highest BCUT2D eigenvalue weighted by atomic mass is 32.2. The Morgan fingerprint density at radius 2 is 1.83 bits per heavy atom. The molecular formula is C22H24F3N3OS. The van der Waals surface area contributed by atoms with Gasteiger partial charge in [-0.3, -0.25) is 4.79 Å². The normalized spacial score (nSPS) is 15.0. The van der Waals surface area contributed by atoms with Gasteiger partial charge < -0.3 is 10.2 Å². The molecule has 1 aromatic carbocycles. The van der Waals surface area contributed by atoms with Crippen molar-refractivity contribution in [2.75, 3.05) is 23.3 Å². The molecule has 0 aliphatic carbocycles. The summed E-state index contributed by atoms with van der Waals surface area (Å²) in [4.78, 5) is 19.1. The summed E-state index contributed by atoms with van der Waals surface area (Å²) in [7, 11) is 0. The van der Waals surface area contributed by atoms with Crippen LogP contribution in [0.2, 0.25) is 0 Å². The molecule has 3 rings (SSSR count). The third-order valence-corrected chi connectivity index (χ3v) is 5.55. The number of benzene rings is 1. The zero-order valence-electron chi connectivity index (χ0n) is 17.1. The number of aromatic nitrogens is 1. The molecule has 8 heteroatoms. The number of halogens is 3. The maximum atomic E-state index is 13.2. The lowest BCUT2D eigenvalue weighted by atomic mass is 10.1. The standard InChI is InChI=1S/C22H24F3N3OS/c1-21(2,3)30-17-8-6-16(7-9-17)27-20(29)15-10-13-28(14-11-15)19-18(22(23,24)25)5-4-12-26-19/h4-10,12H,11,13-14H2,1-3H3,(H,27,29). The lowest BCUT2D eigenvalue weighted by Crippen LogP contribution is -2.33. The lowest BCUT2D eigenvalue weighted by molar-refractivity contribution is -0.137. The number of alkyl halides is 3. The van der Waals surface area contributed by atoms with E-state index in [1.807, 2.05) is 24.3 Å². The second-order valence-corrected chi connectivity index (χ2v) is 9.89. The van der Waals surface area contributed by atoms with E-state index in [4.69, 9.17) is 0 Å². The highest BCUT2D eigenvalue weighted by Crippen LogP contribution is 2.36. The number of nitrogens with zero attached hydrogens (tertiary/aromatic N) is 2. The molecule has 0 atom stereocenters. The minimum absolute atomic E-state index is 0.100. The minimum atomic E-state index is -4.47. The summed E-state index contributed by atoms with van der Waals surface area (Å²) in [6.07, 6.45) is -1.12. The van der Waals surface area contributed by atoms with Gasteiger partial charge in [0.15, 0.2) is 0 Å². The summed E-state index contributed by atoms with van der Waals surface area (Å²) in [5, 5.41) is 2.86. The molecule has 30 heavy (non-hydrogen) atoms. The van der Waals surface area contributed by atoms with Crippen LogP contribution in [-0.4, -0.2) is 28.7 Å². The number of pyridine rings is 1. The summed E-state index contributed by atoms with van der Waals surface area (Å²) < 4.78 is 39.8. The molecule has 0 bridgehead atoms. The monoisotopic (exact) mass is 435 g/mol. The molecule has 1 aliphatic heterocycles. The van der Waals surface area contributed by atoms with Gasteiger partial charge in [-0.2, -0.15) is 13.2 Å². The molecular weight excluding hydrogens is 411 g/mol. The van der Waals surface area contributed by atoms with Crippen LogP contribution in [0.4, 0.5) is 24.7 Å². The highest BCUT2D eigenvalue weighted by molar-refractivity contribution is 8.00. The Kier molecular flexibility index (Phi) is 6.45. The van der Waals surface area contributed by atoms with E-state index in [1.165, 1.54) is 17.2 Å². The summed E-state index contributed by atoms with van der Waals surface area (Å²) in [6, 6.07) is 9.92. The quantitative estimate of drug-likeness (QED) is 0.620. The van der Waals surface area contributed by atoms with Crippen molar-refractivity contribution in [2.45, 2.75) is 43.0 Å². The van der Waals surface area contributed by atoms with Gasteiger partial charge in [0.1, 0.15) is 5.82 Å². The fraction of sp³-hybridized carbons (Fsp3) is 0.364. The summed E-state index contributed by atoms with van der Waals surface area (Å²) in [5.74, 6) is -0.337. The Bertz CT molecular complexity index is 934. The summed E-state index contributed by atoms with van der Waals surface area (Å²) in [6.45, 7) is 6.89. The fourth-order valence-corrected chi connectivity index (χ4v) is 4.09. The van der Waals surface area contributed by atoms with Gasteiger partial charge in [0.25, 0.3) is 5.91 Å². The molecule has 160 valence electrons. The fourth-order valence-electron chi connectivity index (χ4n) is 3.11. The molecule has 0 fully saturated rings. The maximum absolute atomic E-state index is 13.2. The number of thioether (sulfide) groups is 1. The Hall–Kier alpha value is -2.48. The van der Waals surface area contributed by atoms with E-state index in [2.05, 4.69) is 31.1 Å². The zero-order valence-corrected chi connectivity index (χ0v) is 17.9. The van der Waals surface area contributed by atoms with Crippen molar-refractivity contribution in [1.82, 2.24) is 4.98 Å². The first-order chi connectivity index (χ1) is 14.0. The maximum Gasteiger partial charge on any atom is 0.419 e. The number of carbonyl (C=O) groups excluding carboxylic acids is 1. The van der Waals surface area contributed by atoms with Crippen molar-refractivity contribution in [3.63, 3.8) is 0 Å². The van der Waals surface area contributed by atoms with Crippen LogP contribution in [0.1, 0.15) is 32.8 Å². The number of hydrogen-bond donors (Lipinski definition) is 1. The minimum Gasteiger partial charge on any atom is -0.352 e. The second-order valence-electron chi connectivity index (χ2n) is 7.99.